The Morgan fingerprint density at radius 2 is 2.45 bits per heavy atom. The molecule has 0 fully saturated rings. The van der Waals surface area contributed by atoms with Gasteiger partial charge < -0.3 is 9.40 Å². The van der Waals surface area contributed by atoms with Crippen LogP contribution in [0, 0.1) is 6.92 Å². The van der Waals surface area contributed by atoms with Gasteiger partial charge in [-0.25, -0.2) is 4.98 Å². The average molecular weight is 148 g/mol. The van der Waals surface area contributed by atoms with Crippen molar-refractivity contribution in [1.29, 1.82) is 0 Å². The Kier molecular flexibility index (Phi) is 1.28. The quantitative estimate of drug-likeness (QED) is 0.671. The lowest BCUT2D eigenvalue weighted by atomic mass is 10.2. The van der Waals surface area contributed by atoms with Crippen molar-refractivity contribution in [2.45, 2.75) is 6.92 Å². The Morgan fingerprint density at radius 1 is 1.55 bits per heavy atom. The van der Waals surface area contributed by atoms with Crippen LogP contribution in [0.2, 0.25) is 0 Å². The van der Waals surface area contributed by atoms with Crippen molar-refractivity contribution in [3.8, 4) is 11.3 Å². The van der Waals surface area contributed by atoms with Crippen LogP contribution in [0.15, 0.2) is 29.3 Å². The maximum Gasteiger partial charge on any atom is 0.110 e. The first-order valence-electron chi connectivity index (χ1n) is 3.41. The Balaban J connectivity index is 2.53. The van der Waals surface area contributed by atoms with Gasteiger partial charge in [-0.15, -0.1) is 0 Å². The van der Waals surface area contributed by atoms with Gasteiger partial charge in [0.1, 0.15) is 5.76 Å². The summed E-state index contributed by atoms with van der Waals surface area (Å²) in [7, 11) is 0. The van der Waals surface area contributed by atoms with Crippen molar-refractivity contribution in [2.75, 3.05) is 0 Å². The number of H-pyrrole nitrogens is 1. The molecular formula is C8H8N2O. The highest BCUT2D eigenvalue weighted by atomic mass is 16.3. The van der Waals surface area contributed by atoms with E-state index in [1.807, 2.05) is 13.0 Å². The third kappa shape index (κ3) is 0.941. The summed E-state index contributed by atoms with van der Waals surface area (Å²) in [6.07, 6.45) is 5.10. The van der Waals surface area contributed by atoms with E-state index in [4.69, 9.17) is 4.42 Å². The number of rotatable bonds is 1. The van der Waals surface area contributed by atoms with Gasteiger partial charge in [-0.2, -0.15) is 0 Å². The Labute approximate surface area is 64.1 Å². The molecule has 2 heterocycles. The van der Waals surface area contributed by atoms with Gasteiger partial charge in [0.25, 0.3) is 0 Å². The van der Waals surface area contributed by atoms with Gasteiger partial charge >= 0.3 is 0 Å². The van der Waals surface area contributed by atoms with Crippen LogP contribution >= 0.6 is 0 Å². The van der Waals surface area contributed by atoms with E-state index in [2.05, 4.69) is 9.97 Å². The maximum atomic E-state index is 5.14. The number of imidazole rings is 1. The summed E-state index contributed by atoms with van der Waals surface area (Å²) in [5.74, 6) is 0.911. The van der Waals surface area contributed by atoms with Gasteiger partial charge in [-0.05, 0) is 13.0 Å². The van der Waals surface area contributed by atoms with Gasteiger partial charge in [0.05, 0.1) is 24.5 Å². The number of furan rings is 1. The predicted molar refractivity (Wildman–Crippen MR) is 41.0 cm³/mol. The predicted octanol–water partition coefficient (Wildman–Crippen LogP) is 1.98. The van der Waals surface area contributed by atoms with Crippen molar-refractivity contribution in [3.63, 3.8) is 0 Å². The molecule has 0 spiro atoms. The number of hydrogen-bond donors (Lipinski definition) is 1. The van der Waals surface area contributed by atoms with Crippen LogP contribution in [-0.4, -0.2) is 9.97 Å². The van der Waals surface area contributed by atoms with E-state index < -0.39 is 0 Å². The van der Waals surface area contributed by atoms with Gasteiger partial charge in [0, 0.05) is 5.56 Å². The average Bonchev–Trinajstić information content (AvgIpc) is 2.55. The number of aromatic amines is 1. The smallest absolute Gasteiger partial charge is 0.110 e. The highest BCUT2D eigenvalue weighted by molar-refractivity contribution is 5.59. The number of nitrogens with one attached hydrogen (secondary N) is 1. The number of aromatic nitrogens is 2. The molecule has 3 heteroatoms. The molecule has 0 atom stereocenters. The van der Waals surface area contributed by atoms with Crippen LogP contribution in [0.5, 0.6) is 0 Å². The minimum Gasteiger partial charge on any atom is -0.469 e. The summed E-state index contributed by atoms with van der Waals surface area (Å²) < 4.78 is 5.14. The molecule has 0 aliphatic carbocycles. The monoisotopic (exact) mass is 148 g/mol. The molecular weight excluding hydrogens is 140 g/mol. The molecule has 0 unspecified atom stereocenters. The van der Waals surface area contributed by atoms with E-state index in [0.717, 1.165) is 17.0 Å². The number of aryl methyl sites for hydroxylation is 1. The Bertz CT molecular complexity index is 335. The van der Waals surface area contributed by atoms with E-state index >= 15 is 0 Å². The zero-order valence-corrected chi connectivity index (χ0v) is 6.16. The summed E-state index contributed by atoms with van der Waals surface area (Å²) in [6, 6.07) is 1.92. The Hall–Kier alpha value is -1.51. The van der Waals surface area contributed by atoms with E-state index in [1.54, 1.807) is 18.8 Å². The van der Waals surface area contributed by atoms with E-state index in [0.29, 0.717) is 0 Å². The standard InChI is InChI=1S/C8H8N2O/c1-6-7(2-3-11-6)8-4-9-5-10-8/h2-5H,1H3,(H,9,10). The lowest BCUT2D eigenvalue weighted by Gasteiger charge is -1.90. The zero-order valence-electron chi connectivity index (χ0n) is 6.16. The molecule has 2 aromatic rings. The van der Waals surface area contributed by atoms with E-state index in [1.165, 1.54) is 0 Å². The lowest BCUT2D eigenvalue weighted by Crippen LogP contribution is -1.74. The lowest BCUT2D eigenvalue weighted by molar-refractivity contribution is 0.535. The minimum atomic E-state index is 0.911. The van der Waals surface area contributed by atoms with Crippen molar-refractivity contribution >= 4 is 0 Å². The highest BCUT2D eigenvalue weighted by Crippen LogP contribution is 2.20. The third-order valence-corrected chi connectivity index (χ3v) is 1.65. The SMILES string of the molecule is Cc1occc1-c1cnc[nH]1. The summed E-state index contributed by atoms with van der Waals surface area (Å²) in [5, 5.41) is 0. The van der Waals surface area contributed by atoms with Gasteiger partial charge in [0.2, 0.25) is 0 Å². The van der Waals surface area contributed by atoms with Crippen molar-refractivity contribution < 1.29 is 4.42 Å². The molecule has 0 amide bonds. The molecule has 0 bridgehead atoms. The van der Waals surface area contributed by atoms with Crippen LogP contribution < -0.4 is 0 Å². The van der Waals surface area contributed by atoms with Crippen LogP contribution in [0.25, 0.3) is 11.3 Å². The second-order valence-electron chi connectivity index (χ2n) is 2.36. The molecule has 3 nitrogen and oxygen atoms in total. The first-order valence-corrected chi connectivity index (χ1v) is 3.41. The number of hydrogen-bond acceptors (Lipinski definition) is 2. The van der Waals surface area contributed by atoms with Crippen LogP contribution in [0.3, 0.4) is 0 Å². The van der Waals surface area contributed by atoms with Crippen molar-refractivity contribution in [3.05, 3.63) is 30.6 Å². The van der Waals surface area contributed by atoms with E-state index in [-0.39, 0.29) is 0 Å². The molecule has 0 aromatic carbocycles. The molecule has 0 saturated heterocycles. The summed E-state index contributed by atoms with van der Waals surface area (Å²) in [4.78, 5) is 6.93. The molecule has 2 aromatic heterocycles. The topological polar surface area (TPSA) is 41.8 Å². The second kappa shape index (κ2) is 2.27. The first kappa shape index (κ1) is 6.22. The largest absolute Gasteiger partial charge is 0.469 e. The zero-order chi connectivity index (χ0) is 7.68. The van der Waals surface area contributed by atoms with Crippen molar-refractivity contribution in [1.82, 2.24) is 9.97 Å². The normalized spacial score (nSPS) is 10.3. The molecule has 0 radical (unpaired) electrons. The number of nitrogens with zero attached hydrogens (tertiary/aromatic N) is 1. The summed E-state index contributed by atoms with van der Waals surface area (Å²) >= 11 is 0. The minimum absolute atomic E-state index is 0.911. The van der Waals surface area contributed by atoms with Gasteiger partial charge in [-0.1, -0.05) is 0 Å². The molecule has 1 N–H and O–H groups in total. The van der Waals surface area contributed by atoms with Gasteiger partial charge in [-0.3, -0.25) is 0 Å². The van der Waals surface area contributed by atoms with Crippen LogP contribution in [-0.2, 0) is 0 Å². The van der Waals surface area contributed by atoms with Crippen LogP contribution in [0.1, 0.15) is 5.76 Å². The fraction of sp³-hybridized carbons (Fsp3) is 0.125. The molecule has 0 aliphatic rings. The summed E-state index contributed by atoms with van der Waals surface area (Å²) in [6.45, 7) is 1.93. The van der Waals surface area contributed by atoms with Gasteiger partial charge in [0.15, 0.2) is 0 Å². The highest BCUT2D eigenvalue weighted by Gasteiger charge is 2.03. The Morgan fingerprint density at radius 3 is 3.00 bits per heavy atom. The molecule has 0 aliphatic heterocycles. The van der Waals surface area contributed by atoms with E-state index in [9.17, 15) is 0 Å². The third-order valence-electron chi connectivity index (χ3n) is 1.65. The van der Waals surface area contributed by atoms with Crippen molar-refractivity contribution in [2.24, 2.45) is 0 Å². The summed E-state index contributed by atoms with van der Waals surface area (Å²) in [5.41, 5.74) is 2.07. The first-order chi connectivity index (χ1) is 5.38. The van der Waals surface area contributed by atoms with Crippen LogP contribution in [0.4, 0.5) is 0 Å². The molecule has 2 rings (SSSR count). The molecule has 56 valence electrons. The maximum absolute atomic E-state index is 5.14. The molecule has 0 saturated carbocycles. The second-order valence-corrected chi connectivity index (χ2v) is 2.36. The molecule has 11 heavy (non-hydrogen) atoms. The fourth-order valence-electron chi connectivity index (χ4n) is 1.07. The fourth-order valence-corrected chi connectivity index (χ4v) is 1.07.